The highest BCUT2D eigenvalue weighted by atomic mass is 35.5. The molecule has 2 saturated heterocycles. The van der Waals surface area contributed by atoms with Gasteiger partial charge in [0, 0.05) is 23.1 Å². The molecule has 2 aliphatic heterocycles. The summed E-state index contributed by atoms with van der Waals surface area (Å²) in [5.74, 6) is 0.725. The number of piperidine rings is 1. The van der Waals surface area contributed by atoms with Gasteiger partial charge in [-0.1, -0.05) is 37.0 Å². The number of nitrogens with one attached hydrogen (secondary N) is 1. The minimum absolute atomic E-state index is 0.234. The van der Waals surface area contributed by atoms with Crippen LogP contribution < -0.4 is 5.32 Å². The minimum Gasteiger partial charge on any atom is -0.310 e. The summed E-state index contributed by atoms with van der Waals surface area (Å²) in [4.78, 5) is 13.4. The Bertz CT molecular complexity index is 586. The van der Waals surface area contributed by atoms with Crippen LogP contribution in [0.3, 0.4) is 0 Å². The van der Waals surface area contributed by atoms with Gasteiger partial charge in [0.15, 0.2) is 5.78 Å². The first-order chi connectivity index (χ1) is 10.4. The standard InChI is InChI=1S/C18H23Cl2NO/c1-11(2)10-18(8-7-13-4-6-16(18)21-13)17(22)12-3-5-14(19)15(20)9-12/h3,5,9,11,13,16,21H,4,6-8,10H2,1-2H3/t13-,16?,18-/m0/s1. The van der Waals surface area contributed by atoms with Crippen LogP contribution in [0.1, 0.15) is 56.3 Å². The Morgan fingerprint density at radius 3 is 2.73 bits per heavy atom. The van der Waals surface area contributed by atoms with Crippen molar-refractivity contribution in [3.63, 3.8) is 0 Å². The molecule has 4 heteroatoms. The topological polar surface area (TPSA) is 29.1 Å². The van der Waals surface area contributed by atoms with Gasteiger partial charge in [0.2, 0.25) is 0 Å². The molecule has 2 fully saturated rings. The van der Waals surface area contributed by atoms with Gasteiger partial charge >= 0.3 is 0 Å². The van der Waals surface area contributed by atoms with Gasteiger partial charge in [-0.15, -0.1) is 0 Å². The summed E-state index contributed by atoms with van der Waals surface area (Å²) < 4.78 is 0. The molecule has 1 aromatic carbocycles. The summed E-state index contributed by atoms with van der Waals surface area (Å²) in [6.45, 7) is 4.40. The molecule has 0 amide bonds. The number of Topliss-reactive ketones (excluding diaryl/α,β-unsaturated/α-hetero) is 1. The molecule has 0 radical (unpaired) electrons. The predicted octanol–water partition coefficient (Wildman–Crippen LogP) is 5.12. The summed E-state index contributed by atoms with van der Waals surface area (Å²) in [5.41, 5.74) is 0.403. The molecule has 2 aliphatic rings. The van der Waals surface area contributed by atoms with Gasteiger partial charge in [0.1, 0.15) is 0 Å². The maximum absolute atomic E-state index is 13.4. The van der Waals surface area contributed by atoms with Crippen molar-refractivity contribution in [1.82, 2.24) is 5.32 Å². The second-order valence-electron chi connectivity index (χ2n) is 7.24. The fourth-order valence-corrected chi connectivity index (χ4v) is 4.65. The van der Waals surface area contributed by atoms with Gasteiger partial charge in [-0.2, -0.15) is 0 Å². The normalized spacial score (nSPS) is 30.8. The Morgan fingerprint density at radius 2 is 2.05 bits per heavy atom. The average molecular weight is 340 g/mol. The number of ketones is 1. The van der Waals surface area contributed by atoms with Crippen molar-refractivity contribution >= 4 is 29.0 Å². The van der Waals surface area contributed by atoms with Crippen molar-refractivity contribution in [3.8, 4) is 0 Å². The van der Waals surface area contributed by atoms with E-state index in [1.165, 1.54) is 6.42 Å². The predicted molar refractivity (Wildman–Crippen MR) is 91.9 cm³/mol. The number of benzene rings is 1. The van der Waals surface area contributed by atoms with Gasteiger partial charge in [0.05, 0.1) is 10.0 Å². The van der Waals surface area contributed by atoms with Gasteiger partial charge in [0.25, 0.3) is 0 Å². The van der Waals surface area contributed by atoms with E-state index in [1.54, 1.807) is 12.1 Å². The fraction of sp³-hybridized carbons (Fsp3) is 0.611. The summed E-state index contributed by atoms with van der Waals surface area (Å²) in [6, 6.07) is 6.19. The van der Waals surface area contributed by atoms with Crippen LogP contribution >= 0.6 is 23.2 Å². The monoisotopic (exact) mass is 339 g/mol. The lowest BCUT2D eigenvalue weighted by molar-refractivity contribution is 0.0578. The number of hydrogen-bond acceptors (Lipinski definition) is 2. The van der Waals surface area contributed by atoms with Gasteiger partial charge in [-0.05, 0) is 56.2 Å². The zero-order valence-corrected chi connectivity index (χ0v) is 14.7. The number of rotatable bonds is 4. The SMILES string of the molecule is CC(C)C[C@@]1(C(=O)c2ccc(Cl)c(Cl)c2)CC[C@@H]2CCC1N2. The number of hydrogen-bond donors (Lipinski definition) is 1. The van der Waals surface area contributed by atoms with Crippen LogP contribution in [-0.2, 0) is 0 Å². The minimum atomic E-state index is -0.293. The van der Waals surface area contributed by atoms with Crippen molar-refractivity contribution in [3.05, 3.63) is 33.8 Å². The molecule has 0 aliphatic carbocycles. The Hall–Kier alpha value is -0.570. The molecule has 1 aromatic rings. The number of halogens is 2. The average Bonchev–Trinajstić information content (AvgIpc) is 2.88. The molecule has 0 spiro atoms. The fourth-order valence-electron chi connectivity index (χ4n) is 4.35. The summed E-state index contributed by atoms with van der Waals surface area (Å²) in [6.07, 6.45) is 5.29. The Balaban J connectivity index is 1.98. The van der Waals surface area contributed by atoms with Gasteiger partial charge in [-0.3, -0.25) is 4.79 Å². The first kappa shape index (κ1) is 16.3. The summed E-state index contributed by atoms with van der Waals surface area (Å²) in [7, 11) is 0. The zero-order chi connectivity index (χ0) is 15.9. The van der Waals surface area contributed by atoms with Crippen molar-refractivity contribution in [1.29, 1.82) is 0 Å². The van der Waals surface area contributed by atoms with E-state index < -0.39 is 0 Å². The second kappa shape index (κ2) is 6.14. The van der Waals surface area contributed by atoms with E-state index in [4.69, 9.17) is 23.2 Å². The van der Waals surface area contributed by atoms with Crippen LogP contribution in [0.15, 0.2) is 18.2 Å². The molecule has 2 nitrogen and oxygen atoms in total. The third-order valence-corrected chi connectivity index (χ3v) is 5.99. The van der Waals surface area contributed by atoms with Crippen LogP contribution in [-0.4, -0.2) is 17.9 Å². The third-order valence-electron chi connectivity index (χ3n) is 5.25. The van der Waals surface area contributed by atoms with Crippen LogP contribution in [0.2, 0.25) is 10.0 Å². The van der Waals surface area contributed by atoms with E-state index in [2.05, 4.69) is 19.2 Å². The highest BCUT2D eigenvalue weighted by molar-refractivity contribution is 6.42. The zero-order valence-electron chi connectivity index (χ0n) is 13.2. The first-order valence-electron chi connectivity index (χ1n) is 8.18. The van der Waals surface area contributed by atoms with Crippen molar-refractivity contribution in [2.45, 2.75) is 58.0 Å². The lowest BCUT2D eigenvalue weighted by Gasteiger charge is -2.43. The van der Waals surface area contributed by atoms with E-state index in [9.17, 15) is 4.79 Å². The van der Waals surface area contributed by atoms with E-state index in [1.807, 2.05) is 6.07 Å². The first-order valence-corrected chi connectivity index (χ1v) is 8.94. The van der Waals surface area contributed by atoms with E-state index in [-0.39, 0.29) is 11.2 Å². The molecule has 1 unspecified atom stereocenters. The molecule has 2 heterocycles. The highest BCUT2D eigenvalue weighted by Crippen LogP contribution is 2.47. The molecule has 0 aromatic heterocycles. The van der Waals surface area contributed by atoms with Crippen molar-refractivity contribution < 1.29 is 4.79 Å². The Morgan fingerprint density at radius 1 is 1.27 bits per heavy atom. The molecule has 120 valence electrons. The number of fused-ring (bicyclic) bond motifs is 2. The Kier molecular flexibility index (Phi) is 4.55. The largest absolute Gasteiger partial charge is 0.310 e. The van der Waals surface area contributed by atoms with E-state index in [0.29, 0.717) is 33.6 Å². The molecule has 3 atom stereocenters. The quantitative estimate of drug-likeness (QED) is 0.771. The van der Waals surface area contributed by atoms with Crippen molar-refractivity contribution in [2.24, 2.45) is 11.3 Å². The highest BCUT2D eigenvalue weighted by Gasteiger charge is 2.51. The van der Waals surface area contributed by atoms with Crippen LogP contribution in [0.5, 0.6) is 0 Å². The smallest absolute Gasteiger partial charge is 0.170 e. The second-order valence-corrected chi connectivity index (χ2v) is 8.06. The summed E-state index contributed by atoms with van der Waals surface area (Å²) in [5, 5.41) is 4.64. The van der Waals surface area contributed by atoms with Crippen molar-refractivity contribution in [2.75, 3.05) is 0 Å². The molecule has 3 rings (SSSR count). The molecule has 2 bridgehead atoms. The number of carbonyl (C=O) groups is 1. The molecular weight excluding hydrogens is 317 g/mol. The molecule has 22 heavy (non-hydrogen) atoms. The maximum Gasteiger partial charge on any atom is 0.170 e. The summed E-state index contributed by atoms with van der Waals surface area (Å²) >= 11 is 12.1. The van der Waals surface area contributed by atoms with Crippen LogP contribution in [0.4, 0.5) is 0 Å². The number of carbonyl (C=O) groups excluding carboxylic acids is 1. The van der Waals surface area contributed by atoms with E-state index >= 15 is 0 Å². The maximum atomic E-state index is 13.4. The third kappa shape index (κ3) is 2.81. The van der Waals surface area contributed by atoms with Gasteiger partial charge in [-0.25, -0.2) is 0 Å². The molecule has 1 N–H and O–H groups in total. The lowest BCUT2D eigenvalue weighted by Crippen LogP contribution is -2.53. The van der Waals surface area contributed by atoms with Gasteiger partial charge < -0.3 is 5.32 Å². The molecule has 0 saturated carbocycles. The van der Waals surface area contributed by atoms with E-state index in [0.717, 1.165) is 25.7 Å². The Labute approximate surface area is 142 Å². The van der Waals surface area contributed by atoms with Crippen LogP contribution in [0.25, 0.3) is 0 Å². The van der Waals surface area contributed by atoms with Crippen LogP contribution in [0, 0.1) is 11.3 Å². The lowest BCUT2D eigenvalue weighted by atomic mass is 9.65. The molecular formula is C18H23Cl2NO.